The number of likely N-dealkylation sites (tertiary alicyclic amines) is 1. The topological polar surface area (TPSA) is 94.9 Å². The zero-order valence-electron chi connectivity index (χ0n) is 22.9. The quantitative estimate of drug-likeness (QED) is 0.228. The summed E-state index contributed by atoms with van der Waals surface area (Å²) >= 11 is 0. The molecule has 0 radical (unpaired) electrons. The number of ether oxygens (including phenoxy) is 2. The monoisotopic (exact) mass is 544 g/mol. The smallest absolute Gasteiger partial charge is 0.320 e. The molecule has 1 aliphatic rings. The van der Waals surface area contributed by atoms with E-state index in [9.17, 15) is 19.2 Å². The Morgan fingerprint density at radius 3 is 1.85 bits per heavy atom. The lowest BCUT2D eigenvalue weighted by Gasteiger charge is -2.24. The summed E-state index contributed by atoms with van der Waals surface area (Å²) in [6.07, 6.45) is 4.39. The molecule has 8 heteroatoms. The summed E-state index contributed by atoms with van der Waals surface area (Å²) in [5, 5.41) is 0. The Morgan fingerprint density at radius 1 is 0.775 bits per heavy atom. The van der Waals surface area contributed by atoms with Crippen molar-refractivity contribution in [2.75, 3.05) is 13.1 Å². The summed E-state index contributed by atoms with van der Waals surface area (Å²) in [7, 11) is 0. The molecular weight excluding hydrogens is 508 g/mol. The van der Waals surface area contributed by atoms with Gasteiger partial charge in [-0.15, -0.1) is 0 Å². The molecule has 1 aromatic heterocycles. The molecule has 1 aliphatic heterocycles. The minimum absolute atomic E-state index is 0.00101. The molecule has 1 amide bonds. The Morgan fingerprint density at radius 2 is 1.32 bits per heavy atom. The fourth-order valence-electron chi connectivity index (χ4n) is 5.05. The van der Waals surface area contributed by atoms with Gasteiger partial charge < -0.3 is 14.4 Å². The zero-order valence-corrected chi connectivity index (χ0v) is 22.9. The van der Waals surface area contributed by atoms with Gasteiger partial charge in [-0.05, 0) is 48.4 Å². The molecule has 40 heavy (non-hydrogen) atoms. The summed E-state index contributed by atoms with van der Waals surface area (Å²) in [6.45, 7) is 3.26. The second-order valence-corrected chi connectivity index (χ2v) is 10.1. The van der Waals surface area contributed by atoms with Crippen molar-refractivity contribution >= 4 is 23.8 Å². The second-order valence-electron chi connectivity index (χ2n) is 10.1. The van der Waals surface area contributed by atoms with Crippen LogP contribution in [0.1, 0.15) is 65.4 Å². The maximum atomic E-state index is 13.5. The van der Waals surface area contributed by atoms with Crippen molar-refractivity contribution < 1.29 is 28.7 Å². The Hall–Kier alpha value is -4.20. The van der Waals surface area contributed by atoms with E-state index in [1.807, 2.05) is 67.6 Å². The molecule has 210 valence electrons. The van der Waals surface area contributed by atoms with E-state index in [0.717, 1.165) is 24.0 Å². The van der Waals surface area contributed by atoms with Crippen LogP contribution in [0.3, 0.4) is 0 Å². The largest absolute Gasteiger partial charge is 0.460 e. The first-order valence-electron chi connectivity index (χ1n) is 13.9. The van der Waals surface area contributed by atoms with E-state index in [1.54, 1.807) is 23.2 Å². The van der Waals surface area contributed by atoms with Crippen LogP contribution in [0.2, 0.25) is 0 Å². The number of carbonyl (C=O) groups is 4. The van der Waals surface area contributed by atoms with Gasteiger partial charge >= 0.3 is 11.9 Å². The van der Waals surface area contributed by atoms with Gasteiger partial charge in [0.05, 0.1) is 0 Å². The van der Waals surface area contributed by atoms with Gasteiger partial charge in [0.15, 0.2) is 5.92 Å². The highest BCUT2D eigenvalue weighted by molar-refractivity contribution is 5.98. The van der Waals surface area contributed by atoms with Crippen LogP contribution in [-0.4, -0.2) is 46.3 Å². The molecular formula is C32H36N2O6. The number of rotatable bonds is 12. The van der Waals surface area contributed by atoms with Crippen LogP contribution < -0.4 is 0 Å². The molecule has 2 aromatic carbocycles. The Bertz CT molecular complexity index is 1230. The maximum absolute atomic E-state index is 13.5. The lowest BCUT2D eigenvalue weighted by molar-refractivity contribution is -0.166. The highest BCUT2D eigenvalue weighted by Gasteiger charge is 2.39. The molecule has 0 aliphatic carbocycles. The van der Waals surface area contributed by atoms with Crippen LogP contribution in [-0.2, 0) is 32.3 Å². The highest BCUT2D eigenvalue weighted by Crippen LogP contribution is 2.27. The van der Waals surface area contributed by atoms with E-state index in [-0.39, 0.29) is 37.1 Å². The normalized spacial score (nSPS) is 13.7. The molecule has 0 bridgehead atoms. The molecule has 1 saturated heterocycles. The SMILES string of the molecule is CCC[C@H](CC(=O)n1cccc1C(=O)N1CCCC1)C(C(=O)OCc1ccccc1)C(=O)OCc1ccccc1. The summed E-state index contributed by atoms with van der Waals surface area (Å²) < 4.78 is 12.5. The van der Waals surface area contributed by atoms with E-state index in [0.29, 0.717) is 25.9 Å². The number of esters is 2. The number of aromatic nitrogens is 1. The van der Waals surface area contributed by atoms with E-state index in [4.69, 9.17) is 9.47 Å². The fourth-order valence-corrected chi connectivity index (χ4v) is 5.05. The number of nitrogens with zero attached hydrogens (tertiary/aromatic N) is 2. The first-order valence-corrected chi connectivity index (χ1v) is 13.9. The van der Waals surface area contributed by atoms with Crippen molar-refractivity contribution in [3.8, 4) is 0 Å². The Balaban J connectivity index is 1.53. The van der Waals surface area contributed by atoms with Crippen LogP contribution in [0.4, 0.5) is 0 Å². The van der Waals surface area contributed by atoms with Crippen LogP contribution in [0.25, 0.3) is 0 Å². The molecule has 8 nitrogen and oxygen atoms in total. The fraction of sp³-hybridized carbons (Fsp3) is 0.375. The third-order valence-electron chi connectivity index (χ3n) is 7.15. The standard InChI is InChI=1S/C32H36N2O6/c1-2-12-26(21-28(35)34-20-11-17-27(34)30(36)33-18-9-10-19-33)29(31(37)39-22-24-13-5-3-6-14-24)32(38)40-23-25-15-7-4-8-16-25/h3-8,11,13-17,20,26,29H,2,9-10,12,18-19,21-23H2,1H3/t26-/m1/s1. The van der Waals surface area contributed by atoms with Crippen LogP contribution in [0.5, 0.6) is 0 Å². The van der Waals surface area contributed by atoms with Gasteiger partial charge in [-0.2, -0.15) is 0 Å². The van der Waals surface area contributed by atoms with Crippen molar-refractivity contribution in [3.63, 3.8) is 0 Å². The maximum Gasteiger partial charge on any atom is 0.320 e. The molecule has 0 saturated carbocycles. The number of hydrogen-bond acceptors (Lipinski definition) is 6. The number of amides is 1. The van der Waals surface area contributed by atoms with Crippen molar-refractivity contribution in [1.29, 1.82) is 0 Å². The zero-order chi connectivity index (χ0) is 28.3. The Kier molecular flexibility index (Phi) is 10.3. The third kappa shape index (κ3) is 7.46. The third-order valence-corrected chi connectivity index (χ3v) is 7.15. The van der Waals surface area contributed by atoms with Gasteiger partial charge in [0.2, 0.25) is 5.91 Å². The Labute approximate surface area is 234 Å². The van der Waals surface area contributed by atoms with Crippen molar-refractivity contribution in [1.82, 2.24) is 9.47 Å². The summed E-state index contributed by atoms with van der Waals surface area (Å²) in [6, 6.07) is 21.7. The van der Waals surface area contributed by atoms with Gasteiger partial charge in [-0.3, -0.25) is 23.7 Å². The van der Waals surface area contributed by atoms with Gasteiger partial charge in [-0.1, -0.05) is 74.0 Å². The number of carbonyl (C=O) groups excluding carboxylic acids is 4. The second kappa shape index (κ2) is 14.3. The lowest BCUT2D eigenvalue weighted by atomic mass is 9.85. The predicted octanol–water partition coefficient (Wildman–Crippen LogP) is 5.27. The molecule has 1 fully saturated rings. The van der Waals surface area contributed by atoms with Gasteiger partial charge in [-0.25, -0.2) is 0 Å². The molecule has 0 N–H and O–H groups in total. The van der Waals surface area contributed by atoms with E-state index in [2.05, 4.69) is 0 Å². The summed E-state index contributed by atoms with van der Waals surface area (Å²) in [5.74, 6) is -3.96. The minimum atomic E-state index is -1.29. The van der Waals surface area contributed by atoms with E-state index in [1.165, 1.54) is 4.57 Å². The minimum Gasteiger partial charge on any atom is -0.460 e. The van der Waals surface area contributed by atoms with Crippen LogP contribution >= 0.6 is 0 Å². The van der Waals surface area contributed by atoms with Crippen molar-refractivity contribution in [2.24, 2.45) is 11.8 Å². The lowest BCUT2D eigenvalue weighted by Crippen LogP contribution is -2.37. The molecule has 2 heterocycles. The van der Waals surface area contributed by atoms with Gasteiger partial charge in [0, 0.05) is 25.7 Å². The molecule has 0 unspecified atom stereocenters. The van der Waals surface area contributed by atoms with E-state index >= 15 is 0 Å². The summed E-state index contributed by atoms with van der Waals surface area (Å²) in [5.41, 5.74) is 1.86. The average molecular weight is 545 g/mol. The summed E-state index contributed by atoms with van der Waals surface area (Å²) in [4.78, 5) is 55.1. The van der Waals surface area contributed by atoms with Crippen molar-refractivity contribution in [3.05, 3.63) is 95.8 Å². The number of hydrogen-bond donors (Lipinski definition) is 0. The molecule has 1 atom stereocenters. The van der Waals surface area contributed by atoms with Crippen LogP contribution in [0, 0.1) is 11.8 Å². The average Bonchev–Trinajstić information content (AvgIpc) is 3.69. The van der Waals surface area contributed by atoms with Gasteiger partial charge in [0.1, 0.15) is 18.9 Å². The molecule has 4 rings (SSSR count). The van der Waals surface area contributed by atoms with Gasteiger partial charge in [0.25, 0.3) is 5.91 Å². The highest BCUT2D eigenvalue weighted by atomic mass is 16.6. The predicted molar refractivity (Wildman–Crippen MR) is 149 cm³/mol. The number of benzene rings is 2. The first-order chi connectivity index (χ1) is 19.5. The van der Waals surface area contributed by atoms with Crippen molar-refractivity contribution in [2.45, 2.75) is 52.2 Å². The molecule has 3 aromatic rings. The first kappa shape index (κ1) is 28.8. The molecule has 0 spiro atoms. The van der Waals surface area contributed by atoms with Crippen LogP contribution in [0.15, 0.2) is 79.0 Å². The van der Waals surface area contributed by atoms with E-state index < -0.39 is 23.8 Å².